The van der Waals surface area contributed by atoms with Crippen LogP contribution in [-0.2, 0) is 10.3 Å². The van der Waals surface area contributed by atoms with Crippen molar-refractivity contribution in [3.8, 4) is 0 Å². The lowest BCUT2D eigenvalue weighted by Gasteiger charge is -2.32. The second kappa shape index (κ2) is 11.3. The van der Waals surface area contributed by atoms with Gasteiger partial charge in [-0.15, -0.1) is 0 Å². The van der Waals surface area contributed by atoms with E-state index in [0.29, 0.717) is 12.5 Å². The first kappa shape index (κ1) is 21.7. The van der Waals surface area contributed by atoms with Gasteiger partial charge in [0.1, 0.15) is 5.60 Å². The first-order chi connectivity index (χ1) is 13.0. The van der Waals surface area contributed by atoms with Crippen LogP contribution in [0, 0.1) is 5.92 Å². The number of hydrogen-bond acceptors (Lipinski definition) is 4. The minimum Gasteiger partial charge on any atom is -0.384 e. The molecule has 1 aliphatic heterocycles. The minimum atomic E-state index is -0.976. The molecule has 0 spiro atoms. The molecule has 0 radical (unpaired) electrons. The molecule has 1 aromatic carbocycles. The second-order valence-corrected chi connectivity index (χ2v) is 7.49. The summed E-state index contributed by atoms with van der Waals surface area (Å²) in [5.41, 5.74) is -0.0935. The number of likely N-dealkylation sites (tertiary alicyclic amines) is 1. The molecule has 1 unspecified atom stereocenters. The predicted octanol–water partition coefficient (Wildman–Crippen LogP) is 1.81. The molecule has 0 amide bonds. The molecule has 3 N–H and O–H groups in total. The van der Waals surface area contributed by atoms with Gasteiger partial charge in [0.15, 0.2) is 5.96 Å². The Morgan fingerprint density at radius 1 is 1.26 bits per heavy atom. The average Bonchev–Trinajstić information content (AvgIpc) is 2.70. The molecule has 0 saturated carbocycles. The number of hydrogen-bond donors (Lipinski definition) is 3. The predicted molar refractivity (Wildman–Crippen MR) is 111 cm³/mol. The van der Waals surface area contributed by atoms with E-state index >= 15 is 0 Å². The molecule has 0 bridgehead atoms. The van der Waals surface area contributed by atoms with Gasteiger partial charge < -0.3 is 25.4 Å². The molecule has 152 valence electrons. The molecule has 1 saturated heterocycles. The van der Waals surface area contributed by atoms with Crippen LogP contribution in [0.2, 0.25) is 0 Å². The van der Waals surface area contributed by atoms with E-state index in [1.165, 1.54) is 12.8 Å². The Morgan fingerprint density at radius 2 is 1.96 bits per heavy atom. The topological polar surface area (TPSA) is 69.1 Å². The lowest BCUT2D eigenvalue weighted by molar-refractivity contribution is 0.0672. The number of aliphatic hydroxyl groups is 1. The van der Waals surface area contributed by atoms with Gasteiger partial charge in [-0.1, -0.05) is 30.3 Å². The summed E-state index contributed by atoms with van der Waals surface area (Å²) in [6, 6.07) is 9.71. The highest BCUT2D eigenvalue weighted by Gasteiger charge is 2.23. The van der Waals surface area contributed by atoms with E-state index in [-0.39, 0.29) is 0 Å². The van der Waals surface area contributed by atoms with Crippen LogP contribution < -0.4 is 10.6 Å². The van der Waals surface area contributed by atoms with Crippen molar-refractivity contribution in [1.82, 2.24) is 15.5 Å². The standard InChI is InChI=1S/C21H36N4O2/c1-4-22-20(24-17-21(2,26)19-8-6-5-7-9-19)23-16-18-10-12-25(13-11-18)14-15-27-3/h5-9,18,26H,4,10-17H2,1-3H3,(H2,22,23,24). The molecular formula is C21H36N4O2. The van der Waals surface area contributed by atoms with Crippen molar-refractivity contribution in [2.24, 2.45) is 10.9 Å². The van der Waals surface area contributed by atoms with E-state index in [0.717, 1.165) is 50.9 Å². The molecule has 6 heteroatoms. The maximum atomic E-state index is 10.7. The van der Waals surface area contributed by atoms with E-state index in [1.54, 1.807) is 7.11 Å². The molecule has 0 aromatic heterocycles. The van der Waals surface area contributed by atoms with Gasteiger partial charge in [0.05, 0.1) is 13.2 Å². The fraction of sp³-hybridized carbons (Fsp3) is 0.667. The van der Waals surface area contributed by atoms with E-state index in [4.69, 9.17) is 4.74 Å². The van der Waals surface area contributed by atoms with E-state index in [1.807, 2.05) is 37.3 Å². The molecule has 27 heavy (non-hydrogen) atoms. The van der Waals surface area contributed by atoms with Crippen LogP contribution >= 0.6 is 0 Å². The van der Waals surface area contributed by atoms with Crippen molar-refractivity contribution >= 4 is 5.96 Å². The van der Waals surface area contributed by atoms with Gasteiger partial charge in [0.2, 0.25) is 0 Å². The van der Waals surface area contributed by atoms with Gasteiger partial charge in [-0.25, -0.2) is 4.99 Å². The molecule has 1 aromatic rings. The third-order valence-corrected chi connectivity index (χ3v) is 5.16. The normalized spacial score (nSPS) is 18.9. The van der Waals surface area contributed by atoms with Crippen LogP contribution in [0.1, 0.15) is 32.3 Å². The highest BCUT2D eigenvalue weighted by atomic mass is 16.5. The SMILES string of the molecule is CCNC(=NCC(C)(O)c1ccccc1)NCC1CCN(CCOC)CC1. The smallest absolute Gasteiger partial charge is 0.191 e. The molecule has 0 aliphatic carbocycles. The van der Waals surface area contributed by atoms with Crippen LogP contribution in [0.4, 0.5) is 0 Å². The Balaban J connectivity index is 1.82. The van der Waals surface area contributed by atoms with Gasteiger partial charge in [0, 0.05) is 26.7 Å². The summed E-state index contributed by atoms with van der Waals surface area (Å²) < 4.78 is 5.17. The van der Waals surface area contributed by atoms with Crippen molar-refractivity contribution in [2.75, 3.05) is 53.0 Å². The summed E-state index contributed by atoms with van der Waals surface area (Å²) in [6.07, 6.45) is 2.38. The summed E-state index contributed by atoms with van der Waals surface area (Å²) in [4.78, 5) is 7.09. The minimum absolute atomic E-state index is 0.321. The Morgan fingerprint density at radius 3 is 2.59 bits per heavy atom. The molecule has 1 aliphatic rings. The quantitative estimate of drug-likeness (QED) is 0.453. The monoisotopic (exact) mass is 376 g/mol. The largest absolute Gasteiger partial charge is 0.384 e. The number of methoxy groups -OCH3 is 1. The second-order valence-electron chi connectivity index (χ2n) is 7.49. The maximum absolute atomic E-state index is 10.7. The van der Waals surface area contributed by atoms with Gasteiger partial charge >= 0.3 is 0 Å². The summed E-state index contributed by atoms with van der Waals surface area (Å²) in [7, 11) is 1.76. The summed E-state index contributed by atoms with van der Waals surface area (Å²) >= 11 is 0. The fourth-order valence-electron chi connectivity index (χ4n) is 3.34. The van der Waals surface area contributed by atoms with Crippen molar-refractivity contribution in [3.63, 3.8) is 0 Å². The number of ether oxygens (including phenoxy) is 1. The molecule has 1 fully saturated rings. The molecule has 6 nitrogen and oxygen atoms in total. The number of nitrogens with one attached hydrogen (secondary N) is 2. The zero-order valence-electron chi connectivity index (χ0n) is 17.1. The Kier molecular flexibility index (Phi) is 9.04. The number of nitrogens with zero attached hydrogens (tertiary/aromatic N) is 2. The summed E-state index contributed by atoms with van der Waals surface area (Å²) in [5.74, 6) is 1.43. The molecule has 2 rings (SSSR count). The van der Waals surface area contributed by atoms with Crippen LogP contribution in [0.5, 0.6) is 0 Å². The number of benzene rings is 1. The summed E-state index contributed by atoms with van der Waals surface area (Å²) in [5, 5.41) is 17.5. The van der Waals surface area contributed by atoms with Crippen molar-refractivity contribution in [1.29, 1.82) is 0 Å². The Hall–Kier alpha value is -1.63. The zero-order chi connectivity index (χ0) is 19.5. The van der Waals surface area contributed by atoms with Crippen LogP contribution in [0.15, 0.2) is 35.3 Å². The van der Waals surface area contributed by atoms with Crippen LogP contribution in [0.25, 0.3) is 0 Å². The van der Waals surface area contributed by atoms with Crippen molar-refractivity contribution in [2.45, 2.75) is 32.3 Å². The number of guanidine groups is 1. The summed E-state index contributed by atoms with van der Waals surface area (Å²) in [6.45, 7) is 10.00. The number of rotatable bonds is 9. The highest BCUT2D eigenvalue weighted by Crippen LogP contribution is 2.20. The van der Waals surface area contributed by atoms with Gasteiger partial charge in [-0.2, -0.15) is 0 Å². The van der Waals surface area contributed by atoms with Crippen LogP contribution in [-0.4, -0.2) is 69.0 Å². The first-order valence-electron chi connectivity index (χ1n) is 10.1. The first-order valence-corrected chi connectivity index (χ1v) is 10.1. The van der Waals surface area contributed by atoms with Crippen LogP contribution in [0.3, 0.4) is 0 Å². The van der Waals surface area contributed by atoms with E-state index < -0.39 is 5.60 Å². The molecule has 1 atom stereocenters. The van der Waals surface area contributed by atoms with Crippen molar-refractivity contribution in [3.05, 3.63) is 35.9 Å². The lowest BCUT2D eigenvalue weighted by Crippen LogP contribution is -2.44. The van der Waals surface area contributed by atoms with Gasteiger partial charge in [-0.05, 0) is 51.3 Å². The number of aliphatic imine (C=N–C) groups is 1. The zero-order valence-corrected chi connectivity index (χ0v) is 17.1. The Bertz CT molecular complexity index is 555. The molecule has 1 heterocycles. The fourth-order valence-corrected chi connectivity index (χ4v) is 3.34. The van der Waals surface area contributed by atoms with Gasteiger partial charge in [-0.3, -0.25) is 0 Å². The third-order valence-electron chi connectivity index (χ3n) is 5.16. The van der Waals surface area contributed by atoms with Gasteiger partial charge in [0.25, 0.3) is 0 Å². The number of piperidine rings is 1. The Labute approximate surface area is 164 Å². The lowest BCUT2D eigenvalue weighted by atomic mass is 9.96. The third kappa shape index (κ3) is 7.48. The van der Waals surface area contributed by atoms with Crippen molar-refractivity contribution < 1.29 is 9.84 Å². The van der Waals surface area contributed by atoms with E-state index in [9.17, 15) is 5.11 Å². The highest BCUT2D eigenvalue weighted by molar-refractivity contribution is 5.79. The maximum Gasteiger partial charge on any atom is 0.191 e. The average molecular weight is 377 g/mol. The van der Waals surface area contributed by atoms with E-state index in [2.05, 4.69) is 27.4 Å². The molecular weight excluding hydrogens is 340 g/mol.